The van der Waals surface area contributed by atoms with Crippen molar-refractivity contribution in [2.45, 2.75) is 17.9 Å². The number of ether oxygens (including phenoxy) is 2. The van der Waals surface area contributed by atoms with Crippen molar-refractivity contribution in [3.05, 3.63) is 29.8 Å². The average molecular weight is 284 g/mol. The SMILES string of the molecule is COC(=O)C(Cl)CNC(=O)C1Cc2ccccc2O1. The standard InChI is InChI=1S/C13H14ClNO4/c1-18-13(17)9(14)7-15-12(16)11-6-8-4-2-3-5-10(8)19-11/h2-5,9,11H,6-7H2,1H3,(H,15,16). The van der Waals surface area contributed by atoms with Crippen molar-refractivity contribution in [1.82, 2.24) is 5.32 Å². The molecule has 1 aliphatic rings. The number of halogens is 1. The second-order valence-corrected chi connectivity index (χ2v) is 4.68. The quantitative estimate of drug-likeness (QED) is 0.658. The first-order valence-corrected chi connectivity index (χ1v) is 6.29. The summed E-state index contributed by atoms with van der Waals surface area (Å²) in [5.41, 5.74) is 0.998. The van der Waals surface area contributed by atoms with Gasteiger partial charge < -0.3 is 14.8 Å². The molecule has 0 aliphatic carbocycles. The molecule has 2 rings (SSSR count). The topological polar surface area (TPSA) is 64.6 Å². The molecule has 6 heteroatoms. The first-order valence-electron chi connectivity index (χ1n) is 5.86. The van der Waals surface area contributed by atoms with E-state index in [2.05, 4.69) is 10.1 Å². The lowest BCUT2D eigenvalue weighted by atomic mass is 10.1. The second kappa shape index (κ2) is 5.93. The maximum absolute atomic E-state index is 11.9. The van der Waals surface area contributed by atoms with E-state index in [9.17, 15) is 9.59 Å². The maximum Gasteiger partial charge on any atom is 0.325 e. The van der Waals surface area contributed by atoms with Gasteiger partial charge >= 0.3 is 5.97 Å². The van der Waals surface area contributed by atoms with Crippen molar-refractivity contribution < 1.29 is 19.1 Å². The van der Waals surface area contributed by atoms with Gasteiger partial charge in [0.05, 0.1) is 7.11 Å². The second-order valence-electron chi connectivity index (χ2n) is 4.15. The molecule has 102 valence electrons. The third-order valence-corrected chi connectivity index (χ3v) is 3.18. The zero-order chi connectivity index (χ0) is 13.8. The molecule has 0 saturated carbocycles. The first kappa shape index (κ1) is 13.7. The summed E-state index contributed by atoms with van der Waals surface area (Å²) in [6.07, 6.45) is -0.0494. The van der Waals surface area contributed by atoms with Crippen molar-refractivity contribution >= 4 is 23.5 Å². The number of hydrogen-bond donors (Lipinski definition) is 1. The minimum atomic E-state index is -0.891. The predicted molar refractivity (Wildman–Crippen MR) is 69.2 cm³/mol. The average Bonchev–Trinajstić information content (AvgIpc) is 2.87. The minimum absolute atomic E-state index is 0.0171. The van der Waals surface area contributed by atoms with Gasteiger partial charge in [-0.1, -0.05) is 18.2 Å². The summed E-state index contributed by atoms with van der Waals surface area (Å²) in [6, 6.07) is 7.49. The Hall–Kier alpha value is -1.75. The lowest BCUT2D eigenvalue weighted by molar-refractivity contribution is -0.140. The summed E-state index contributed by atoms with van der Waals surface area (Å²) in [6.45, 7) is 0.0171. The smallest absolute Gasteiger partial charge is 0.325 e. The molecular formula is C13H14ClNO4. The molecule has 19 heavy (non-hydrogen) atoms. The molecule has 0 bridgehead atoms. The summed E-state index contributed by atoms with van der Waals surface area (Å²) in [5.74, 6) is -0.138. The van der Waals surface area contributed by atoms with Crippen LogP contribution in [-0.4, -0.2) is 37.0 Å². The van der Waals surface area contributed by atoms with E-state index in [1.165, 1.54) is 7.11 Å². The Bertz CT molecular complexity index is 466. The predicted octanol–water partition coefficient (Wildman–Crippen LogP) is 0.887. The Kier molecular flexibility index (Phi) is 4.27. The summed E-state index contributed by atoms with van der Waals surface area (Å²) in [5, 5.41) is 1.69. The van der Waals surface area contributed by atoms with Gasteiger partial charge in [-0.15, -0.1) is 11.6 Å². The number of alkyl halides is 1. The third kappa shape index (κ3) is 3.17. The maximum atomic E-state index is 11.9. The highest BCUT2D eigenvalue weighted by Crippen LogP contribution is 2.28. The van der Waals surface area contributed by atoms with Crippen molar-refractivity contribution in [3.63, 3.8) is 0 Å². The Balaban J connectivity index is 1.85. The molecule has 0 saturated heterocycles. The summed E-state index contributed by atoms with van der Waals surface area (Å²) in [4.78, 5) is 23.0. The van der Waals surface area contributed by atoms with Gasteiger partial charge in [0, 0.05) is 13.0 Å². The Morgan fingerprint density at radius 2 is 2.26 bits per heavy atom. The van der Waals surface area contributed by atoms with Gasteiger partial charge in [0.2, 0.25) is 0 Å². The molecular weight excluding hydrogens is 270 g/mol. The molecule has 1 amide bonds. The van der Waals surface area contributed by atoms with Gasteiger partial charge in [0.1, 0.15) is 11.1 Å². The molecule has 0 fully saturated rings. The van der Waals surface area contributed by atoms with Crippen LogP contribution in [0.5, 0.6) is 5.75 Å². The van der Waals surface area contributed by atoms with Gasteiger partial charge in [-0.05, 0) is 11.6 Å². The number of fused-ring (bicyclic) bond motifs is 1. The van der Waals surface area contributed by atoms with Crippen molar-refractivity contribution in [2.24, 2.45) is 0 Å². The van der Waals surface area contributed by atoms with Crippen molar-refractivity contribution in [3.8, 4) is 5.75 Å². The van der Waals surface area contributed by atoms with E-state index in [1.807, 2.05) is 24.3 Å². The van der Waals surface area contributed by atoms with Crippen LogP contribution in [-0.2, 0) is 20.7 Å². The zero-order valence-corrected chi connectivity index (χ0v) is 11.1. The number of carbonyl (C=O) groups is 2. The molecule has 1 aromatic carbocycles. The molecule has 0 spiro atoms. The van der Waals surface area contributed by atoms with Gasteiger partial charge in [-0.25, -0.2) is 0 Å². The lowest BCUT2D eigenvalue weighted by Crippen LogP contribution is -2.41. The van der Waals surface area contributed by atoms with Crippen molar-refractivity contribution in [2.75, 3.05) is 13.7 Å². The van der Waals surface area contributed by atoms with Crippen LogP contribution in [0.25, 0.3) is 0 Å². The molecule has 1 aromatic rings. The highest BCUT2D eigenvalue weighted by atomic mass is 35.5. The number of nitrogens with one attached hydrogen (secondary N) is 1. The number of carbonyl (C=O) groups excluding carboxylic acids is 2. The van der Waals surface area contributed by atoms with Gasteiger partial charge in [0.15, 0.2) is 6.10 Å². The third-order valence-electron chi connectivity index (χ3n) is 2.85. The minimum Gasteiger partial charge on any atom is -0.480 e. The fraction of sp³-hybridized carbons (Fsp3) is 0.385. The molecule has 0 aromatic heterocycles. The van der Waals surface area contributed by atoms with Crippen molar-refractivity contribution in [1.29, 1.82) is 0 Å². The van der Waals surface area contributed by atoms with E-state index < -0.39 is 17.5 Å². The summed E-state index contributed by atoms with van der Waals surface area (Å²) < 4.78 is 9.98. The molecule has 1 heterocycles. The molecule has 2 unspecified atom stereocenters. The molecule has 0 radical (unpaired) electrons. The van der Waals surface area contributed by atoms with Gasteiger partial charge in [-0.3, -0.25) is 9.59 Å². The first-order chi connectivity index (χ1) is 9.11. The molecule has 5 nitrogen and oxygen atoms in total. The normalized spacial score (nSPS) is 18.1. The summed E-state index contributed by atoms with van der Waals surface area (Å²) in [7, 11) is 1.25. The van der Waals surface area contributed by atoms with E-state index in [1.54, 1.807) is 0 Å². The zero-order valence-electron chi connectivity index (χ0n) is 10.4. The summed E-state index contributed by atoms with van der Waals surface area (Å²) >= 11 is 5.74. The van der Waals surface area contributed by atoms with Crippen LogP contribution in [0.15, 0.2) is 24.3 Å². The lowest BCUT2D eigenvalue weighted by Gasteiger charge is -2.13. The molecule has 1 N–H and O–H groups in total. The van der Waals surface area contributed by atoms with Gasteiger partial charge in [0.25, 0.3) is 5.91 Å². The fourth-order valence-electron chi connectivity index (χ4n) is 1.84. The van der Waals surface area contributed by atoms with Gasteiger partial charge in [-0.2, -0.15) is 0 Å². The van der Waals surface area contributed by atoms with Crippen LogP contribution in [0.3, 0.4) is 0 Å². The van der Waals surface area contributed by atoms with Crippen LogP contribution < -0.4 is 10.1 Å². The fourth-order valence-corrected chi connectivity index (χ4v) is 2.01. The number of esters is 1. The molecule has 2 atom stereocenters. The van der Waals surface area contributed by atoms with E-state index >= 15 is 0 Å². The number of amides is 1. The number of para-hydroxylation sites is 1. The Labute approximate surface area is 115 Å². The van der Waals surface area contributed by atoms with E-state index in [0.717, 1.165) is 11.3 Å². The molecule has 1 aliphatic heterocycles. The van der Waals surface area contributed by atoms with E-state index in [0.29, 0.717) is 6.42 Å². The number of benzene rings is 1. The largest absolute Gasteiger partial charge is 0.480 e. The van der Waals surface area contributed by atoms with Crippen LogP contribution in [0.1, 0.15) is 5.56 Å². The number of rotatable bonds is 4. The van der Waals surface area contributed by atoms with E-state index in [4.69, 9.17) is 16.3 Å². The highest BCUT2D eigenvalue weighted by Gasteiger charge is 2.29. The van der Waals surface area contributed by atoms with Crippen LogP contribution in [0.2, 0.25) is 0 Å². The highest BCUT2D eigenvalue weighted by molar-refractivity contribution is 6.30. The van der Waals surface area contributed by atoms with Crippen LogP contribution >= 0.6 is 11.6 Å². The Morgan fingerprint density at radius 3 is 2.95 bits per heavy atom. The monoisotopic (exact) mass is 283 g/mol. The Morgan fingerprint density at radius 1 is 1.53 bits per heavy atom. The van der Waals surface area contributed by atoms with Crippen LogP contribution in [0.4, 0.5) is 0 Å². The van der Waals surface area contributed by atoms with E-state index in [-0.39, 0.29) is 12.5 Å². The number of hydrogen-bond acceptors (Lipinski definition) is 4. The van der Waals surface area contributed by atoms with Crippen LogP contribution in [0, 0.1) is 0 Å². The number of methoxy groups -OCH3 is 1.